The third kappa shape index (κ3) is 3.06. The van der Waals surface area contributed by atoms with Gasteiger partial charge in [0.05, 0.1) is 23.7 Å². The number of para-hydroxylation sites is 2. The van der Waals surface area contributed by atoms with Crippen LogP contribution in [0.4, 0.5) is 0 Å². The lowest BCUT2D eigenvalue weighted by molar-refractivity contribution is 0.414. The lowest BCUT2D eigenvalue weighted by Crippen LogP contribution is -1.99. The molecule has 28 heavy (non-hydrogen) atoms. The number of benzene rings is 2. The maximum atomic E-state index is 9.71. The maximum Gasteiger partial charge on any atom is 0.149 e. The van der Waals surface area contributed by atoms with Crippen molar-refractivity contribution >= 4 is 22.7 Å². The van der Waals surface area contributed by atoms with Gasteiger partial charge in [0.1, 0.15) is 17.6 Å². The summed E-state index contributed by atoms with van der Waals surface area (Å²) in [4.78, 5) is 7.78. The minimum atomic E-state index is 0.506. The molecule has 5 nitrogen and oxygen atoms in total. The number of ether oxygens (including phenoxy) is 1. The molecule has 4 aromatic rings. The van der Waals surface area contributed by atoms with Gasteiger partial charge in [0, 0.05) is 17.1 Å². The average molecular weight is 368 g/mol. The Hall–Kier alpha value is -3.78. The van der Waals surface area contributed by atoms with Crippen molar-refractivity contribution in [3.05, 3.63) is 77.4 Å². The third-order valence-corrected chi connectivity index (χ3v) is 4.87. The van der Waals surface area contributed by atoms with Gasteiger partial charge < -0.3 is 14.3 Å². The maximum absolute atomic E-state index is 9.71. The molecule has 4 rings (SSSR count). The van der Waals surface area contributed by atoms with Crippen LogP contribution in [0.15, 0.2) is 54.6 Å². The Bertz CT molecular complexity index is 1190. The van der Waals surface area contributed by atoms with Crippen LogP contribution in [0.3, 0.4) is 0 Å². The number of nitriles is 1. The molecule has 0 aliphatic carbocycles. The zero-order valence-corrected chi connectivity index (χ0v) is 16.0. The Labute approximate surface area is 163 Å². The van der Waals surface area contributed by atoms with E-state index in [-0.39, 0.29) is 0 Å². The molecule has 0 saturated heterocycles. The van der Waals surface area contributed by atoms with E-state index in [4.69, 9.17) is 4.74 Å². The molecule has 1 N–H and O–H groups in total. The van der Waals surface area contributed by atoms with Gasteiger partial charge in [-0.25, -0.2) is 4.98 Å². The second-order valence-electron chi connectivity index (χ2n) is 6.63. The Morgan fingerprint density at radius 1 is 1.14 bits per heavy atom. The quantitative estimate of drug-likeness (QED) is 0.513. The first-order chi connectivity index (χ1) is 13.6. The van der Waals surface area contributed by atoms with Crippen LogP contribution in [0, 0.1) is 25.2 Å². The smallest absolute Gasteiger partial charge is 0.149 e. The van der Waals surface area contributed by atoms with Crippen molar-refractivity contribution in [2.24, 2.45) is 0 Å². The lowest BCUT2D eigenvalue weighted by atomic mass is 10.1. The fourth-order valence-electron chi connectivity index (χ4n) is 3.45. The van der Waals surface area contributed by atoms with Gasteiger partial charge in [-0.3, -0.25) is 0 Å². The molecule has 2 heterocycles. The zero-order valence-electron chi connectivity index (χ0n) is 16.0. The Morgan fingerprint density at radius 3 is 2.57 bits per heavy atom. The number of aryl methyl sites for hydroxylation is 1. The fourth-order valence-corrected chi connectivity index (χ4v) is 3.45. The topological polar surface area (TPSA) is 66.6 Å². The van der Waals surface area contributed by atoms with Gasteiger partial charge >= 0.3 is 0 Å². The molecule has 5 heteroatoms. The molecule has 0 bridgehead atoms. The lowest BCUT2D eigenvalue weighted by Gasteiger charge is -2.10. The Balaban J connectivity index is 1.77. The van der Waals surface area contributed by atoms with Crippen molar-refractivity contribution in [2.75, 3.05) is 7.11 Å². The van der Waals surface area contributed by atoms with Crippen molar-refractivity contribution in [1.82, 2.24) is 14.5 Å². The summed E-state index contributed by atoms with van der Waals surface area (Å²) in [5, 5.41) is 9.71. The van der Waals surface area contributed by atoms with Crippen molar-refractivity contribution in [3.63, 3.8) is 0 Å². The standard InChI is InChI=1S/C23H20N4O/c1-15-12-17(16(2)27(15)19-8-10-20(28-3)11-9-19)13-18(14-24)23-25-21-6-4-5-7-22(21)26-23/h4-13H,1-3H3,(H,25,26)/b18-13+. The highest BCUT2D eigenvalue weighted by atomic mass is 16.5. The molecule has 0 radical (unpaired) electrons. The molecule has 0 aliphatic rings. The molecule has 0 aliphatic heterocycles. The SMILES string of the molecule is COc1ccc(-n2c(C)cc(/C=C(\C#N)c3nc4ccccc4[nH]3)c2C)cc1. The number of hydrogen-bond donors (Lipinski definition) is 1. The number of methoxy groups -OCH3 is 1. The van der Waals surface area contributed by atoms with Crippen LogP contribution in [-0.2, 0) is 0 Å². The van der Waals surface area contributed by atoms with Gasteiger partial charge in [-0.1, -0.05) is 12.1 Å². The van der Waals surface area contributed by atoms with Crippen LogP contribution < -0.4 is 4.74 Å². The van der Waals surface area contributed by atoms with Crippen LogP contribution >= 0.6 is 0 Å². The average Bonchev–Trinajstić information content (AvgIpc) is 3.26. The first-order valence-electron chi connectivity index (χ1n) is 9.01. The van der Waals surface area contributed by atoms with Gasteiger partial charge in [0.25, 0.3) is 0 Å². The van der Waals surface area contributed by atoms with Crippen LogP contribution in [0.25, 0.3) is 28.4 Å². The molecule has 0 fully saturated rings. The summed E-state index contributed by atoms with van der Waals surface area (Å²) in [6.07, 6.45) is 1.89. The summed E-state index contributed by atoms with van der Waals surface area (Å²) in [6.45, 7) is 4.11. The highest BCUT2D eigenvalue weighted by Gasteiger charge is 2.13. The van der Waals surface area contributed by atoms with Crippen LogP contribution in [-0.4, -0.2) is 21.6 Å². The highest BCUT2D eigenvalue weighted by molar-refractivity contribution is 5.90. The van der Waals surface area contributed by atoms with E-state index in [1.807, 2.05) is 54.6 Å². The number of H-pyrrole nitrogens is 1. The number of fused-ring (bicyclic) bond motifs is 1. The van der Waals surface area contributed by atoms with Crippen molar-refractivity contribution in [1.29, 1.82) is 5.26 Å². The van der Waals surface area contributed by atoms with Gasteiger partial charge in [0.15, 0.2) is 0 Å². The fraction of sp³-hybridized carbons (Fsp3) is 0.130. The summed E-state index contributed by atoms with van der Waals surface area (Å²) in [7, 11) is 1.66. The molecule has 138 valence electrons. The number of hydrogen-bond acceptors (Lipinski definition) is 3. The summed E-state index contributed by atoms with van der Waals surface area (Å²) >= 11 is 0. The van der Waals surface area contributed by atoms with Gasteiger partial charge in [0.2, 0.25) is 0 Å². The second kappa shape index (κ2) is 7.09. The Kier molecular flexibility index (Phi) is 4.46. The van der Waals surface area contributed by atoms with Crippen molar-refractivity contribution in [2.45, 2.75) is 13.8 Å². The first-order valence-corrected chi connectivity index (χ1v) is 9.01. The summed E-state index contributed by atoms with van der Waals surface area (Å²) in [5.74, 6) is 1.40. The predicted molar refractivity (Wildman–Crippen MR) is 111 cm³/mol. The number of imidazole rings is 1. The number of allylic oxidation sites excluding steroid dienone is 1. The molecule has 0 unspecified atom stereocenters. The normalized spacial score (nSPS) is 11.6. The predicted octanol–water partition coefficient (Wildman–Crippen LogP) is 5.04. The molecule has 0 amide bonds. The number of aromatic amines is 1. The molecule has 2 aromatic heterocycles. The van der Waals surface area contributed by atoms with E-state index in [9.17, 15) is 5.26 Å². The summed E-state index contributed by atoms with van der Waals surface area (Å²) in [6, 6.07) is 20.1. The molecule has 0 saturated carbocycles. The van der Waals surface area contributed by atoms with Gasteiger partial charge in [-0.15, -0.1) is 0 Å². The summed E-state index contributed by atoms with van der Waals surface area (Å²) in [5.41, 5.74) is 6.47. The largest absolute Gasteiger partial charge is 0.497 e. The van der Waals surface area contributed by atoms with E-state index in [0.717, 1.165) is 39.4 Å². The third-order valence-electron chi connectivity index (χ3n) is 4.87. The van der Waals surface area contributed by atoms with E-state index in [2.05, 4.69) is 40.5 Å². The molecule has 0 atom stereocenters. The second-order valence-corrected chi connectivity index (χ2v) is 6.63. The van der Waals surface area contributed by atoms with Gasteiger partial charge in [-0.2, -0.15) is 5.26 Å². The van der Waals surface area contributed by atoms with Crippen LogP contribution in [0.2, 0.25) is 0 Å². The van der Waals surface area contributed by atoms with Crippen LogP contribution in [0.1, 0.15) is 22.8 Å². The van der Waals surface area contributed by atoms with E-state index < -0.39 is 0 Å². The molecule has 0 spiro atoms. The highest BCUT2D eigenvalue weighted by Crippen LogP contribution is 2.26. The number of nitrogens with zero attached hydrogens (tertiary/aromatic N) is 3. The van der Waals surface area contributed by atoms with E-state index in [1.165, 1.54) is 0 Å². The van der Waals surface area contributed by atoms with Crippen molar-refractivity contribution in [3.8, 4) is 17.5 Å². The van der Waals surface area contributed by atoms with E-state index >= 15 is 0 Å². The van der Waals surface area contributed by atoms with E-state index in [1.54, 1.807) is 7.11 Å². The number of aromatic nitrogens is 3. The van der Waals surface area contributed by atoms with Gasteiger partial charge in [-0.05, 0) is 68.0 Å². The Morgan fingerprint density at radius 2 is 1.89 bits per heavy atom. The minimum absolute atomic E-state index is 0.506. The minimum Gasteiger partial charge on any atom is -0.497 e. The zero-order chi connectivity index (χ0) is 19.7. The number of nitrogens with one attached hydrogen (secondary N) is 1. The van der Waals surface area contributed by atoms with Crippen molar-refractivity contribution < 1.29 is 4.74 Å². The number of rotatable bonds is 4. The first kappa shape index (κ1) is 17.6. The summed E-state index contributed by atoms with van der Waals surface area (Å²) < 4.78 is 7.41. The molecule has 2 aromatic carbocycles. The van der Waals surface area contributed by atoms with E-state index in [0.29, 0.717) is 11.4 Å². The molecular formula is C23H20N4O. The van der Waals surface area contributed by atoms with Crippen LogP contribution in [0.5, 0.6) is 5.75 Å². The monoisotopic (exact) mass is 368 g/mol. The molecular weight excluding hydrogens is 348 g/mol.